The molecule has 3 nitrogen and oxygen atoms in total. The molecule has 18 heavy (non-hydrogen) atoms. The summed E-state index contributed by atoms with van der Waals surface area (Å²) in [6.07, 6.45) is -2.02. The maximum atomic E-state index is 13.1. The first-order chi connectivity index (χ1) is 8.18. The van der Waals surface area contributed by atoms with E-state index in [4.69, 9.17) is 0 Å². The molecule has 6 heteroatoms. The Morgan fingerprint density at radius 1 is 1.39 bits per heavy atom. The first-order valence-corrected chi connectivity index (χ1v) is 6.34. The zero-order valence-corrected chi connectivity index (χ0v) is 11.1. The van der Waals surface area contributed by atoms with E-state index in [-0.39, 0.29) is 18.7 Å². The summed E-state index contributed by atoms with van der Waals surface area (Å²) >= 11 is 0. The van der Waals surface area contributed by atoms with Crippen LogP contribution in [0.3, 0.4) is 0 Å². The van der Waals surface area contributed by atoms with Crippen LogP contribution < -0.4 is 5.43 Å². The Balaban J connectivity index is 2.80. The molecule has 0 bridgehead atoms. The van der Waals surface area contributed by atoms with Crippen LogP contribution in [0.1, 0.15) is 52.9 Å². The molecule has 0 radical (unpaired) electrons. The van der Waals surface area contributed by atoms with Crippen molar-refractivity contribution in [2.24, 2.45) is 0 Å². The first-order valence-electron chi connectivity index (χ1n) is 6.34. The van der Waals surface area contributed by atoms with Gasteiger partial charge in [0.2, 0.25) is 5.91 Å². The van der Waals surface area contributed by atoms with Gasteiger partial charge in [-0.3, -0.25) is 10.2 Å². The van der Waals surface area contributed by atoms with Crippen molar-refractivity contribution in [3.05, 3.63) is 0 Å². The van der Waals surface area contributed by atoms with Crippen LogP contribution in [0, 0.1) is 0 Å². The topological polar surface area (TPSA) is 32.3 Å². The number of rotatable bonds is 5. The Kier molecular flexibility index (Phi) is 4.64. The van der Waals surface area contributed by atoms with Crippen LogP contribution in [-0.4, -0.2) is 28.7 Å². The quantitative estimate of drug-likeness (QED) is 0.776. The molecular formula is C12H21F3N2O. The maximum absolute atomic E-state index is 13.1. The summed E-state index contributed by atoms with van der Waals surface area (Å²) in [7, 11) is 0. The van der Waals surface area contributed by atoms with E-state index in [1.165, 1.54) is 0 Å². The summed E-state index contributed by atoms with van der Waals surface area (Å²) in [5.41, 5.74) is 1.56. The number of unbranched alkanes of at least 4 members (excludes halogenated alkanes) is 2. The largest absolute Gasteiger partial charge is 0.405 e. The molecule has 1 N–H and O–H groups in total. The number of alkyl halides is 3. The molecule has 1 rings (SSSR count). The predicted octanol–water partition coefficient (Wildman–Crippen LogP) is 3.01. The van der Waals surface area contributed by atoms with Crippen molar-refractivity contribution < 1.29 is 18.0 Å². The molecule has 0 saturated carbocycles. The molecule has 1 atom stereocenters. The summed E-state index contributed by atoms with van der Waals surface area (Å²) in [6, 6.07) is -1.59. The third-order valence-corrected chi connectivity index (χ3v) is 3.26. The average molecular weight is 266 g/mol. The Hall–Kier alpha value is -0.780. The molecular weight excluding hydrogens is 245 g/mol. The molecule has 0 aromatic carbocycles. The van der Waals surface area contributed by atoms with Crippen LogP contribution in [0.25, 0.3) is 0 Å². The zero-order chi connectivity index (χ0) is 14.0. The van der Waals surface area contributed by atoms with Crippen LogP contribution in [0.15, 0.2) is 0 Å². The minimum atomic E-state index is -4.32. The number of carbonyl (C=O) groups excluding carboxylic acids is 1. The molecule has 1 fully saturated rings. The molecule has 1 aliphatic heterocycles. The standard InChI is InChI=1S/C12H21F3N2O/c1-4-5-6-7-9(12(13,14)15)17-11(2,3)8-10(18)16-17/h9H,4-8H2,1-3H3,(H,16,18). The molecule has 1 amide bonds. The molecule has 0 spiro atoms. The number of hydrazine groups is 1. The van der Waals surface area contributed by atoms with Gasteiger partial charge in [0.15, 0.2) is 0 Å². The van der Waals surface area contributed by atoms with Gasteiger partial charge in [0.1, 0.15) is 6.04 Å². The third-order valence-electron chi connectivity index (χ3n) is 3.26. The number of halogens is 3. The Labute approximate surface area is 106 Å². The second-order valence-corrected chi connectivity index (χ2v) is 5.45. The van der Waals surface area contributed by atoms with Gasteiger partial charge in [0.25, 0.3) is 0 Å². The SMILES string of the molecule is CCCCCC(N1NC(=O)CC1(C)C)C(F)(F)F. The van der Waals surface area contributed by atoms with Crippen molar-refractivity contribution in [1.29, 1.82) is 0 Å². The van der Waals surface area contributed by atoms with Gasteiger partial charge in [-0.15, -0.1) is 0 Å². The van der Waals surface area contributed by atoms with Gasteiger partial charge in [-0.1, -0.05) is 26.2 Å². The van der Waals surface area contributed by atoms with Crippen molar-refractivity contribution in [3.8, 4) is 0 Å². The summed E-state index contributed by atoms with van der Waals surface area (Å²) in [5, 5.41) is 1.09. The fourth-order valence-corrected chi connectivity index (χ4v) is 2.33. The number of nitrogens with zero attached hydrogens (tertiary/aromatic N) is 1. The van der Waals surface area contributed by atoms with Gasteiger partial charge in [0, 0.05) is 12.0 Å². The van der Waals surface area contributed by atoms with Crippen LogP contribution in [-0.2, 0) is 4.79 Å². The number of amides is 1. The lowest BCUT2D eigenvalue weighted by Gasteiger charge is -2.37. The van der Waals surface area contributed by atoms with Crippen LogP contribution in [0.2, 0.25) is 0 Å². The Morgan fingerprint density at radius 2 is 2.00 bits per heavy atom. The Morgan fingerprint density at radius 3 is 2.39 bits per heavy atom. The number of carbonyl (C=O) groups is 1. The van der Waals surface area contributed by atoms with Crippen molar-refractivity contribution in [2.75, 3.05) is 0 Å². The highest BCUT2D eigenvalue weighted by Crippen LogP contribution is 2.35. The van der Waals surface area contributed by atoms with E-state index in [2.05, 4.69) is 5.43 Å². The highest BCUT2D eigenvalue weighted by molar-refractivity contribution is 5.78. The lowest BCUT2D eigenvalue weighted by molar-refractivity contribution is -0.202. The lowest BCUT2D eigenvalue weighted by atomic mass is 9.98. The first kappa shape index (κ1) is 15.3. The van der Waals surface area contributed by atoms with Gasteiger partial charge in [-0.05, 0) is 20.3 Å². The predicted molar refractivity (Wildman–Crippen MR) is 62.7 cm³/mol. The van der Waals surface area contributed by atoms with E-state index >= 15 is 0 Å². The highest BCUT2D eigenvalue weighted by Gasteiger charge is 2.51. The number of hydrogen-bond donors (Lipinski definition) is 1. The van der Waals surface area contributed by atoms with Crippen LogP contribution >= 0.6 is 0 Å². The van der Waals surface area contributed by atoms with Crippen molar-refractivity contribution >= 4 is 5.91 Å². The van der Waals surface area contributed by atoms with E-state index in [0.717, 1.165) is 17.9 Å². The van der Waals surface area contributed by atoms with E-state index < -0.39 is 17.8 Å². The monoisotopic (exact) mass is 266 g/mol. The lowest BCUT2D eigenvalue weighted by Crippen LogP contribution is -2.56. The molecule has 0 aliphatic carbocycles. The van der Waals surface area contributed by atoms with Crippen molar-refractivity contribution in [1.82, 2.24) is 10.4 Å². The van der Waals surface area contributed by atoms with Crippen LogP contribution in [0.5, 0.6) is 0 Å². The van der Waals surface area contributed by atoms with Crippen molar-refractivity contribution in [3.63, 3.8) is 0 Å². The second kappa shape index (κ2) is 5.47. The minimum Gasteiger partial charge on any atom is -0.288 e. The summed E-state index contributed by atoms with van der Waals surface area (Å²) in [4.78, 5) is 11.3. The summed E-state index contributed by atoms with van der Waals surface area (Å²) < 4.78 is 39.2. The molecule has 1 saturated heterocycles. The number of hydrogen-bond acceptors (Lipinski definition) is 2. The van der Waals surface area contributed by atoms with Gasteiger partial charge >= 0.3 is 6.18 Å². The fourth-order valence-electron chi connectivity index (χ4n) is 2.33. The molecule has 1 unspecified atom stereocenters. The molecule has 106 valence electrons. The molecule has 1 aliphatic rings. The van der Waals surface area contributed by atoms with E-state index in [9.17, 15) is 18.0 Å². The average Bonchev–Trinajstić information content (AvgIpc) is 2.44. The van der Waals surface area contributed by atoms with Crippen molar-refractivity contribution in [2.45, 2.75) is 70.6 Å². The minimum absolute atomic E-state index is 0.0288. The number of nitrogens with one attached hydrogen (secondary N) is 1. The smallest absolute Gasteiger partial charge is 0.288 e. The summed E-state index contributed by atoms with van der Waals surface area (Å²) in [6.45, 7) is 5.26. The second-order valence-electron chi connectivity index (χ2n) is 5.45. The molecule has 0 aromatic rings. The third kappa shape index (κ3) is 3.60. The fraction of sp³-hybridized carbons (Fsp3) is 0.917. The van der Waals surface area contributed by atoms with Gasteiger partial charge in [-0.25, -0.2) is 5.01 Å². The van der Waals surface area contributed by atoms with E-state index in [1.807, 2.05) is 6.92 Å². The van der Waals surface area contributed by atoms with Gasteiger partial charge < -0.3 is 0 Å². The van der Waals surface area contributed by atoms with Gasteiger partial charge in [0.05, 0.1) is 0 Å². The van der Waals surface area contributed by atoms with Crippen LogP contribution in [0.4, 0.5) is 13.2 Å². The summed E-state index contributed by atoms with van der Waals surface area (Å²) in [5.74, 6) is -0.343. The Bertz CT molecular complexity index is 302. The van der Waals surface area contributed by atoms with E-state index in [1.54, 1.807) is 13.8 Å². The van der Waals surface area contributed by atoms with Gasteiger partial charge in [-0.2, -0.15) is 13.2 Å². The molecule has 1 heterocycles. The highest BCUT2D eigenvalue weighted by atomic mass is 19.4. The normalized spacial score (nSPS) is 22.0. The maximum Gasteiger partial charge on any atom is 0.405 e. The van der Waals surface area contributed by atoms with E-state index in [0.29, 0.717) is 6.42 Å². The zero-order valence-electron chi connectivity index (χ0n) is 11.1. The molecule has 0 aromatic heterocycles.